The minimum Gasteiger partial charge on any atom is -0.454 e. The van der Waals surface area contributed by atoms with Crippen LogP contribution in [0.1, 0.15) is 0 Å². The first kappa shape index (κ1) is 25.8. The van der Waals surface area contributed by atoms with Crippen LogP contribution in [-0.4, -0.2) is 0 Å². The summed E-state index contributed by atoms with van der Waals surface area (Å²) >= 11 is 1.85. The van der Waals surface area contributed by atoms with Gasteiger partial charge >= 0.3 is 0 Å². The van der Waals surface area contributed by atoms with E-state index in [-0.39, 0.29) is 0 Å². The Hall–Kier alpha value is -5.64. The Kier molecular flexibility index (Phi) is 6.03. The number of furan rings is 1. The van der Waals surface area contributed by atoms with Crippen LogP contribution in [0.3, 0.4) is 0 Å². The molecule has 0 fully saturated rings. The highest BCUT2D eigenvalue weighted by Gasteiger charge is 2.24. The molecule has 45 heavy (non-hydrogen) atoms. The lowest BCUT2D eigenvalue weighted by molar-refractivity contribution is 0.669. The molecule has 0 atom stereocenters. The Morgan fingerprint density at radius 2 is 1.00 bits per heavy atom. The van der Waals surface area contributed by atoms with Crippen LogP contribution in [0.15, 0.2) is 168 Å². The van der Waals surface area contributed by atoms with Gasteiger partial charge in [0.2, 0.25) is 0 Å². The summed E-state index contributed by atoms with van der Waals surface area (Å²) in [4.78, 5) is 2.41. The molecule has 0 saturated heterocycles. The molecule has 2 nitrogen and oxygen atoms in total. The zero-order valence-corrected chi connectivity index (χ0v) is 25.2. The third kappa shape index (κ3) is 4.24. The van der Waals surface area contributed by atoms with E-state index in [1.807, 2.05) is 17.4 Å². The molecule has 0 bridgehead atoms. The van der Waals surface area contributed by atoms with Crippen LogP contribution in [0.4, 0.5) is 17.1 Å². The quantitative estimate of drug-likeness (QED) is 0.197. The minimum absolute atomic E-state index is 0.881. The Morgan fingerprint density at radius 1 is 0.400 bits per heavy atom. The van der Waals surface area contributed by atoms with Crippen LogP contribution >= 0.6 is 11.3 Å². The average molecular weight is 594 g/mol. The highest BCUT2D eigenvalue weighted by molar-refractivity contribution is 7.26. The van der Waals surface area contributed by atoms with Crippen molar-refractivity contribution >= 4 is 70.5 Å². The van der Waals surface area contributed by atoms with E-state index in [0.717, 1.165) is 50.1 Å². The van der Waals surface area contributed by atoms with Crippen molar-refractivity contribution in [1.82, 2.24) is 0 Å². The van der Waals surface area contributed by atoms with Gasteiger partial charge in [-0.3, -0.25) is 0 Å². The van der Waals surface area contributed by atoms with E-state index >= 15 is 0 Å². The van der Waals surface area contributed by atoms with Crippen LogP contribution in [0.2, 0.25) is 0 Å². The van der Waals surface area contributed by atoms with Crippen LogP contribution in [0, 0.1) is 0 Å². The minimum atomic E-state index is 0.881. The van der Waals surface area contributed by atoms with Crippen molar-refractivity contribution in [2.75, 3.05) is 4.90 Å². The maximum Gasteiger partial charge on any atom is 0.159 e. The van der Waals surface area contributed by atoms with Gasteiger partial charge in [-0.1, -0.05) is 133 Å². The second kappa shape index (κ2) is 10.5. The molecule has 0 aliphatic heterocycles. The fraction of sp³-hybridized carbons (Fsp3) is 0. The summed E-state index contributed by atoms with van der Waals surface area (Å²) in [5.74, 6) is 0. The smallest absolute Gasteiger partial charge is 0.159 e. The molecule has 0 N–H and O–H groups in total. The summed E-state index contributed by atoms with van der Waals surface area (Å²) in [6.07, 6.45) is 0. The Bertz CT molecular complexity index is 2370. The SMILES string of the molecule is c1ccc(-c2ccc(-c3ccccc3N(c3cccc4c3oc3ccccc34)c3cccc4c3sc3ccccc34)cc2)cc1. The largest absolute Gasteiger partial charge is 0.454 e. The van der Waals surface area contributed by atoms with E-state index in [2.05, 4.69) is 163 Å². The molecule has 2 aromatic heterocycles. The summed E-state index contributed by atoms with van der Waals surface area (Å²) in [5.41, 5.74) is 9.76. The molecule has 3 heteroatoms. The van der Waals surface area contributed by atoms with Gasteiger partial charge < -0.3 is 9.32 Å². The van der Waals surface area contributed by atoms with Gasteiger partial charge in [0.1, 0.15) is 5.58 Å². The second-order valence-electron chi connectivity index (χ2n) is 11.3. The number of thiophene rings is 1. The van der Waals surface area contributed by atoms with Crippen LogP contribution in [-0.2, 0) is 0 Å². The standard InChI is InChI=1S/C42H27NOS/c1-2-12-28(13-3-1)29-24-26-30(27-25-29)31-14-4-7-19-36(31)43(37-20-10-17-34-32-15-5-8-22-39(32)44-41(34)37)38-21-11-18-35-33-16-6-9-23-40(33)45-42(35)38/h1-27H. The third-order valence-electron chi connectivity index (χ3n) is 8.70. The predicted octanol–water partition coefficient (Wildman–Crippen LogP) is 12.8. The normalized spacial score (nSPS) is 11.6. The topological polar surface area (TPSA) is 16.4 Å². The Balaban J connectivity index is 1.31. The highest BCUT2D eigenvalue weighted by Crippen LogP contribution is 2.49. The summed E-state index contributed by atoms with van der Waals surface area (Å²) in [5, 5.41) is 4.78. The number of nitrogens with zero attached hydrogens (tertiary/aromatic N) is 1. The molecule has 0 aliphatic rings. The van der Waals surface area contributed by atoms with Crippen molar-refractivity contribution in [2.24, 2.45) is 0 Å². The van der Waals surface area contributed by atoms with Gasteiger partial charge in [0.15, 0.2) is 5.58 Å². The Morgan fingerprint density at radius 3 is 1.87 bits per heavy atom. The molecule has 2 heterocycles. The number of benzene rings is 7. The van der Waals surface area contributed by atoms with Gasteiger partial charge in [-0.05, 0) is 47.0 Å². The predicted molar refractivity (Wildman–Crippen MR) is 192 cm³/mol. The molecular weight excluding hydrogens is 567 g/mol. The molecule has 9 aromatic rings. The zero-order chi connectivity index (χ0) is 29.7. The summed E-state index contributed by atoms with van der Waals surface area (Å²) in [7, 11) is 0. The lowest BCUT2D eigenvalue weighted by atomic mass is 9.98. The van der Waals surface area contributed by atoms with Gasteiger partial charge in [0, 0.05) is 31.8 Å². The number of rotatable bonds is 5. The molecule has 212 valence electrons. The first-order valence-electron chi connectivity index (χ1n) is 15.2. The molecule has 0 radical (unpaired) electrons. The molecule has 9 rings (SSSR count). The maximum atomic E-state index is 6.65. The Labute approximate surface area is 265 Å². The number of hydrogen-bond donors (Lipinski definition) is 0. The van der Waals surface area contributed by atoms with Crippen molar-refractivity contribution in [3.63, 3.8) is 0 Å². The second-order valence-corrected chi connectivity index (χ2v) is 12.4. The van der Waals surface area contributed by atoms with Gasteiger partial charge in [0.25, 0.3) is 0 Å². The van der Waals surface area contributed by atoms with E-state index < -0.39 is 0 Å². The van der Waals surface area contributed by atoms with E-state index in [1.54, 1.807) is 0 Å². The van der Waals surface area contributed by atoms with E-state index in [9.17, 15) is 0 Å². The fourth-order valence-electron chi connectivity index (χ4n) is 6.59. The first-order valence-corrected chi connectivity index (χ1v) is 16.0. The first-order chi connectivity index (χ1) is 22.3. The zero-order valence-electron chi connectivity index (χ0n) is 24.4. The lowest BCUT2D eigenvalue weighted by Crippen LogP contribution is -2.11. The number of anilines is 3. The van der Waals surface area contributed by atoms with Crippen LogP contribution in [0.5, 0.6) is 0 Å². The lowest BCUT2D eigenvalue weighted by Gasteiger charge is -2.28. The van der Waals surface area contributed by atoms with Gasteiger partial charge in [-0.15, -0.1) is 11.3 Å². The summed E-state index contributed by atoms with van der Waals surface area (Å²) in [6.45, 7) is 0. The van der Waals surface area contributed by atoms with E-state index in [0.29, 0.717) is 0 Å². The van der Waals surface area contributed by atoms with Crippen LogP contribution < -0.4 is 4.90 Å². The van der Waals surface area contributed by atoms with Crippen LogP contribution in [0.25, 0.3) is 64.4 Å². The molecular formula is C42H27NOS. The van der Waals surface area contributed by atoms with Crippen molar-refractivity contribution in [3.05, 3.63) is 164 Å². The highest BCUT2D eigenvalue weighted by atomic mass is 32.1. The molecule has 0 saturated carbocycles. The van der Waals surface area contributed by atoms with Crippen molar-refractivity contribution in [1.29, 1.82) is 0 Å². The molecule has 0 amide bonds. The molecule has 0 aliphatic carbocycles. The van der Waals surface area contributed by atoms with Gasteiger partial charge in [0.05, 0.1) is 21.8 Å². The molecule has 0 spiro atoms. The third-order valence-corrected chi connectivity index (χ3v) is 9.91. The van der Waals surface area contributed by atoms with Crippen molar-refractivity contribution < 1.29 is 4.42 Å². The number of fused-ring (bicyclic) bond motifs is 6. The summed E-state index contributed by atoms with van der Waals surface area (Å²) < 4.78 is 9.19. The number of hydrogen-bond acceptors (Lipinski definition) is 3. The van der Waals surface area contributed by atoms with Gasteiger partial charge in [-0.25, -0.2) is 0 Å². The number of para-hydroxylation sites is 3. The molecule has 7 aromatic carbocycles. The monoisotopic (exact) mass is 593 g/mol. The van der Waals surface area contributed by atoms with Crippen molar-refractivity contribution in [3.8, 4) is 22.3 Å². The fourth-order valence-corrected chi connectivity index (χ4v) is 7.80. The van der Waals surface area contributed by atoms with Crippen molar-refractivity contribution in [2.45, 2.75) is 0 Å². The van der Waals surface area contributed by atoms with E-state index in [1.165, 1.54) is 31.3 Å². The van der Waals surface area contributed by atoms with E-state index in [4.69, 9.17) is 4.42 Å². The average Bonchev–Trinajstić information content (AvgIpc) is 3.69. The molecule has 0 unspecified atom stereocenters. The maximum absolute atomic E-state index is 6.65. The summed E-state index contributed by atoms with van der Waals surface area (Å²) in [6, 6.07) is 58.4. The van der Waals surface area contributed by atoms with Gasteiger partial charge in [-0.2, -0.15) is 0 Å².